The molecular weight excluding hydrogens is 238 g/mol. The topological polar surface area (TPSA) is 52.5 Å². The first-order valence-corrected chi connectivity index (χ1v) is 6.38. The Labute approximate surface area is 106 Å². The van der Waals surface area contributed by atoms with Crippen LogP contribution in [-0.4, -0.2) is 22.4 Å². The zero-order valence-corrected chi connectivity index (χ0v) is 10.5. The lowest BCUT2D eigenvalue weighted by Crippen LogP contribution is -2.37. The Bertz CT molecular complexity index is 369. The number of benzene rings is 1. The zero-order valence-electron chi connectivity index (χ0n) is 9.75. The van der Waals surface area contributed by atoms with Gasteiger partial charge in [-0.2, -0.15) is 0 Å². The van der Waals surface area contributed by atoms with Gasteiger partial charge in [0.15, 0.2) is 0 Å². The van der Waals surface area contributed by atoms with Crippen molar-refractivity contribution >= 4 is 11.6 Å². The molecule has 94 valence electrons. The molecule has 0 radical (unpaired) electrons. The Hall–Kier alpha value is -0.770. The highest BCUT2D eigenvalue weighted by atomic mass is 35.5. The second-order valence-electron chi connectivity index (χ2n) is 4.77. The Morgan fingerprint density at radius 1 is 1.29 bits per heavy atom. The predicted octanol–water partition coefficient (Wildman–Crippen LogP) is 2.44. The molecule has 2 rings (SSSR count). The van der Waals surface area contributed by atoms with Crippen molar-refractivity contribution in [1.29, 1.82) is 0 Å². The third kappa shape index (κ3) is 3.12. The van der Waals surface area contributed by atoms with Gasteiger partial charge in [-0.05, 0) is 25.0 Å². The molecule has 0 bridgehead atoms. The van der Waals surface area contributed by atoms with Gasteiger partial charge in [-0.25, -0.2) is 0 Å². The molecule has 1 aromatic carbocycles. The van der Waals surface area contributed by atoms with Crippen LogP contribution in [0.25, 0.3) is 0 Å². The standard InChI is InChI=1S/C13H18ClNO2/c14-11-4-3-5-12(16)10(11)8-15-9-13(17)6-1-2-7-13/h3-5,15-17H,1-2,6-9H2. The van der Waals surface area contributed by atoms with Gasteiger partial charge in [0.1, 0.15) is 5.75 Å². The van der Waals surface area contributed by atoms with Crippen molar-refractivity contribution < 1.29 is 10.2 Å². The first-order valence-electron chi connectivity index (χ1n) is 6.00. The number of halogens is 1. The summed E-state index contributed by atoms with van der Waals surface area (Å²) in [4.78, 5) is 0. The van der Waals surface area contributed by atoms with E-state index in [1.807, 2.05) is 0 Å². The first-order chi connectivity index (χ1) is 8.11. The molecule has 1 aliphatic rings. The summed E-state index contributed by atoms with van der Waals surface area (Å²) in [6.07, 6.45) is 3.90. The number of aromatic hydroxyl groups is 1. The highest BCUT2D eigenvalue weighted by Gasteiger charge is 2.30. The number of hydrogen-bond acceptors (Lipinski definition) is 3. The minimum atomic E-state index is -0.573. The van der Waals surface area contributed by atoms with Gasteiger partial charge < -0.3 is 15.5 Å². The van der Waals surface area contributed by atoms with Gasteiger partial charge in [0.25, 0.3) is 0 Å². The molecule has 0 heterocycles. The molecule has 17 heavy (non-hydrogen) atoms. The maximum Gasteiger partial charge on any atom is 0.121 e. The van der Waals surface area contributed by atoms with Gasteiger partial charge >= 0.3 is 0 Å². The summed E-state index contributed by atoms with van der Waals surface area (Å²) in [5.74, 6) is 0.198. The number of rotatable bonds is 4. The fourth-order valence-corrected chi connectivity index (χ4v) is 2.59. The fourth-order valence-electron chi connectivity index (χ4n) is 2.35. The van der Waals surface area contributed by atoms with Crippen LogP contribution in [0.2, 0.25) is 5.02 Å². The molecule has 0 saturated heterocycles. The van der Waals surface area contributed by atoms with Crippen LogP contribution in [-0.2, 0) is 6.54 Å². The smallest absolute Gasteiger partial charge is 0.121 e. The lowest BCUT2D eigenvalue weighted by molar-refractivity contribution is 0.0474. The van der Waals surface area contributed by atoms with Crippen molar-refractivity contribution in [1.82, 2.24) is 5.32 Å². The largest absolute Gasteiger partial charge is 0.508 e. The second-order valence-corrected chi connectivity index (χ2v) is 5.18. The first kappa shape index (κ1) is 12.7. The molecule has 1 aromatic rings. The number of phenols is 1. The maximum absolute atomic E-state index is 10.1. The van der Waals surface area contributed by atoms with Gasteiger partial charge in [0.2, 0.25) is 0 Å². The lowest BCUT2D eigenvalue weighted by atomic mass is 10.0. The molecular formula is C13H18ClNO2. The molecule has 0 spiro atoms. The molecule has 0 unspecified atom stereocenters. The SMILES string of the molecule is Oc1cccc(Cl)c1CNCC1(O)CCCC1. The van der Waals surface area contributed by atoms with E-state index in [2.05, 4.69) is 5.32 Å². The molecule has 3 nitrogen and oxygen atoms in total. The average Bonchev–Trinajstić information content (AvgIpc) is 2.70. The van der Waals surface area contributed by atoms with Gasteiger partial charge in [0, 0.05) is 23.7 Å². The van der Waals surface area contributed by atoms with Gasteiger partial charge in [-0.1, -0.05) is 30.5 Å². The minimum absolute atomic E-state index is 0.198. The van der Waals surface area contributed by atoms with E-state index < -0.39 is 5.60 Å². The quantitative estimate of drug-likeness (QED) is 0.775. The van der Waals surface area contributed by atoms with Crippen molar-refractivity contribution in [3.05, 3.63) is 28.8 Å². The molecule has 1 aliphatic carbocycles. The number of hydrogen-bond donors (Lipinski definition) is 3. The summed E-state index contributed by atoms with van der Waals surface area (Å²) in [6.45, 7) is 1.03. The Balaban J connectivity index is 1.90. The highest BCUT2D eigenvalue weighted by molar-refractivity contribution is 6.31. The molecule has 1 saturated carbocycles. The van der Waals surface area contributed by atoms with Gasteiger partial charge in [-0.3, -0.25) is 0 Å². The monoisotopic (exact) mass is 255 g/mol. The van der Waals surface area contributed by atoms with Crippen LogP contribution in [0.3, 0.4) is 0 Å². The van der Waals surface area contributed by atoms with Gasteiger partial charge in [0.05, 0.1) is 5.60 Å². The molecule has 0 atom stereocenters. The van der Waals surface area contributed by atoms with E-state index >= 15 is 0 Å². The Morgan fingerprint density at radius 2 is 2.00 bits per heavy atom. The molecule has 0 aromatic heterocycles. The van der Waals surface area contributed by atoms with Gasteiger partial charge in [-0.15, -0.1) is 0 Å². The highest BCUT2D eigenvalue weighted by Crippen LogP contribution is 2.29. The van der Waals surface area contributed by atoms with Crippen molar-refractivity contribution in [2.45, 2.75) is 37.8 Å². The van der Waals surface area contributed by atoms with Crippen LogP contribution in [0.1, 0.15) is 31.2 Å². The van der Waals surface area contributed by atoms with Crippen LogP contribution >= 0.6 is 11.6 Å². The minimum Gasteiger partial charge on any atom is -0.508 e. The van der Waals surface area contributed by atoms with Crippen molar-refractivity contribution in [2.75, 3.05) is 6.54 Å². The zero-order chi connectivity index (χ0) is 12.3. The predicted molar refractivity (Wildman–Crippen MR) is 68.2 cm³/mol. The fraction of sp³-hybridized carbons (Fsp3) is 0.538. The van der Waals surface area contributed by atoms with Crippen LogP contribution in [0.15, 0.2) is 18.2 Å². The van der Waals surface area contributed by atoms with Crippen LogP contribution in [0.5, 0.6) is 5.75 Å². The second kappa shape index (κ2) is 5.25. The lowest BCUT2D eigenvalue weighted by Gasteiger charge is -2.22. The Morgan fingerprint density at radius 3 is 2.65 bits per heavy atom. The van der Waals surface area contributed by atoms with Crippen LogP contribution in [0.4, 0.5) is 0 Å². The molecule has 0 amide bonds. The summed E-state index contributed by atoms with van der Waals surface area (Å²) in [5.41, 5.74) is 0.118. The average molecular weight is 256 g/mol. The third-order valence-electron chi connectivity index (χ3n) is 3.38. The third-order valence-corrected chi connectivity index (χ3v) is 3.74. The van der Waals surface area contributed by atoms with E-state index in [1.165, 1.54) is 0 Å². The number of nitrogens with one attached hydrogen (secondary N) is 1. The maximum atomic E-state index is 10.1. The number of phenolic OH excluding ortho intramolecular Hbond substituents is 1. The van der Waals surface area contributed by atoms with Crippen LogP contribution < -0.4 is 5.32 Å². The van der Waals surface area contributed by atoms with E-state index in [0.29, 0.717) is 23.7 Å². The number of aliphatic hydroxyl groups is 1. The molecule has 3 N–H and O–H groups in total. The summed E-state index contributed by atoms with van der Waals surface area (Å²) in [5, 5.41) is 23.5. The van der Waals surface area contributed by atoms with E-state index in [9.17, 15) is 10.2 Å². The van der Waals surface area contributed by atoms with Crippen molar-refractivity contribution in [2.24, 2.45) is 0 Å². The summed E-state index contributed by atoms with van der Waals surface area (Å²) in [7, 11) is 0. The van der Waals surface area contributed by atoms with Crippen molar-refractivity contribution in [3.8, 4) is 5.75 Å². The van der Waals surface area contributed by atoms with E-state index in [-0.39, 0.29) is 5.75 Å². The molecule has 0 aliphatic heterocycles. The molecule has 1 fully saturated rings. The Kier molecular flexibility index (Phi) is 3.92. The van der Waals surface area contributed by atoms with E-state index in [1.54, 1.807) is 18.2 Å². The summed E-state index contributed by atoms with van der Waals surface area (Å²) < 4.78 is 0. The van der Waals surface area contributed by atoms with E-state index in [4.69, 9.17) is 11.6 Å². The van der Waals surface area contributed by atoms with Crippen molar-refractivity contribution in [3.63, 3.8) is 0 Å². The summed E-state index contributed by atoms with van der Waals surface area (Å²) in [6, 6.07) is 5.08. The normalized spacial score (nSPS) is 18.5. The van der Waals surface area contributed by atoms with E-state index in [0.717, 1.165) is 25.7 Å². The van der Waals surface area contributed by atoms with Crippen LogP contribution in [0, 0.1) is 0 Å². The summed E-state index contributed by atoms with van der Waals surface area (Å²) >= 11 is 6.00. The molecule has 4 heteroatoms.